The van der Waals surface area contributed by atoms with E-state index in [1.807, 2.05) is 7.05 Å². The molecule has 0 aromatic heterocycles. The zero-order valence-corrected chi connectivity index (χ0v) is 10.7. The van der Waals surface area contributed by atoms with Crippen LogP contribution in [0.2, 0.25) is 0 Å². The van der Waals surface area contributed by atoms with E-state index in [0.717, 1.165) is 13.1 Å². The molecule has 1 saturated heterocycles. The van der Waals surface area contributed by atoms with Crippen LogP contribution in [0.3, 0.4) is 0 Å². The third kappa shape index (κ3) is 4.95. The zero-order chi connectivity index (χ0) is 11.5. The summed E-state index contributed by atoms with van der Waals surface area (Å²) in [5, 5.41) is 3.40. The van der Waals surface area contributed by atoms with Gasteiger partial charge in [0.1, 0.15) is 9.84 Å². The Morgan fingerprint density at radius 3 is 2.60 bits per heavy atom. The summed E-state index contributed by atoms with van der Waals surface area (Å²) in [5.41, 5.74) is 0. The molecule has 2 atom stereocenters. The van der Waals surface area contributed by atoms with Gasteiger partial charge >= 0.3 is 0 Å². The first kappa shape index (κ1) is 12.9. The number of nitrogens with zero attached hydrogens (tertiary/aromatic N) is 1. The normalized spacial score (nSPS) is 27.5. The van der Waals surface area contributed by atoms with Crippen molar-refractivity contribution < 1.29 is 8.42 Å². The van der Waals surface area contributed by atoms with Crippen LogP contribution in [0, 0.1) is 5.92 Å². The van der Waals surface area contributed by atoms with Crippen molar-refractivity contribution in [1.82, 2.24) is 10.2 Å². The van der Waals surface area contributed by atoms with E-state index in [4.69, 9.17) is 0 Å². The van der Waals surface area contributed by atoms with Gasteiger partial charge in [0, 0.05) is 25.4 Å². The number of rotatable bonds is 5. The van der Waals surface area contributed by atoms with E-state index in [0.29, 0.717) is 18.5 Å². The van der Waals surface area contributed by atoms with Crippen LogP contribution in [-0.2, 0) is 9.84 Å². The van der Waals surface area contributed by atoms with E-state index in [1.165, 1.54) is 12.7 Å². The molecule has 0 radical (unpaired) electrons. The number of hydrogen-bond acceptors (Lipinski definition) is 4. The van der Waals surface area contributed by atoms with Crippen molar-refractivity contribution in [1.29, 1.82) is 0 Å². The van der Waals surface area contributed by atoms with E-state index in [2.05, 4.69) is 17.1 Å². The maximum Gasteiger partial charge on any atom is 0.148 e. The molecule has 1 aliphatic heterocycles. The van der Waals surface area contributed by atoms with Crippen LogP contribution in [0.5, 0.6) is 0 Å². The molecule has 90 valence electrons. The number of sulfone groups is 1. The predicted molar refractivity (Wildman–Crippen MR) is 62.8 cm³/mol. The van der Waals surface area contributed by atoms with Gasteiger partial charge in [-0.1, -0.05) is 0 Å². The molecule has 0 amide bonds. The fraction of sp³-hybridized carbons (Fsp3) is 1.00. The second-order valence-corrected chi connectivity index (χ2v) is 6.94. The lowest BCUT2D eigenvalue weighted by Crippen LogP contribution is -2.34. The molecule has 1 heterocycles. The van der Waals surface area contributed by atoms with Crippen molar-refractivity contribution in [2.75, 3.05) is 38.7 Å². The van der Waals surface area contributed by atoms with E-state index < -0.39 is 9.84 Å². The van der Waals surface area contributed by atoms with E-state index in [1.54, 1.807) is 0 Å². The lowest BCUT2D eigenvalue weighted by Gasteiger charge is -2.22. The van der Waals surface area contributed by atoms with E-state index in [-0.39, 0.29) is 5.75 Å². The van der Waals surface area contributed by atoms with Crippen LogP contribution < -0.4 is 5.32 Å². The van der Waals surface area contributed by atoms with Gasteiger partial charge in [0.15, 0.2) is 0 Å². The largest absolute Gasteiger partial charge is 0.314 e. The first-order valence-electron chi connectivity index (χ1n) is 5.48. The topological polar surface area (TPSA) is 49.4 Å². The Labute approximate surface area is 93.0 Å². The Balaban J connectivity index is 2.26. The van der Waals surface area contributed by atoms with Crippen LogP contribution in [0.25, 0.3) is 0 Å². The minimum absolute atomic E-state index is 0.262. The van der Waals surface area contributed by atoms with E-state index >= 15 is 0 Å². The van der Waals surface area contributed by atoms with Crippen molar-refractivity contribution in [2.24, 2.45) is 5.92 Å². The Morgan fingerprint density at radius 1 is 1.47 bits per heavy atom. The van der Waals surface area contributed by atoms with Crippen molar-refractivity contribution in [3.8, 4) is 0 Å². The molecule has 5 heteroatoms. The molecular formula is C10H22N2O2S. The highest BCUT2D eigenvalue weighted by Gasteiger charge is 2.23. The molecule has 1 N–H and O–H groups in total. The van der Waals surface area contributed by atoms with Crippen LogP contribution in [0.1, 0.15) is 13.3 Å². The molecule has 1 rings (SSSR count). The summed E-state index contributed by atoms with van der Waals surface area (Å²) in [6.07, 6.45) is 2.49. The molecule has 1 aliphatic rings. The average molecular weight is 234 g/mol. The van der Waals surface area contributed by atoms with Gasteiger partial charge in [-0.15, -0.1) is 0 Å². The van der Waals surface area contributed by atoms with Gasteiger partial charge < -0.3 is 10.2 Å². The first-order chi connectivity index (χ1) is 6.88. The highest BCUT2D eigenvalue weighted by molar-refractivity contribution is 7.90. The Kier molecular flexibility index (Phi) is 4.55. The zero-order valence-electron chi connectivity index (χ0n) is 9.86. The van der Waals surface area contributed by atoms with E-state index in [9.17, 15) is 8.42 Å². The second-order valence-electron chi connectivity index (χ2n) is 4.68. The highest BCUT2D eigenvalue weighted by atomic mass is 32.2. The van der Waals surface area contributed by atoms with Gasteiger partial charge in [0.25, 0.3) is 0 Å². The van der Waals surface area contributed by atoms with Gasteiger partial charge in [0.05, 0.1) is 5.75 Å². The van der Waals surface area contributed by atoms with Crippen LogP contribution in [0.4, 0.5) is 0 Å². The fourth-order valence-electron chi connectivity index (χ4n) is 1.98. The van der Waals surface area contributed by atoms with Gasteiger partial charge in [-0.05, 0) is 32.9 Å². The summed E-state index contributed by atoms with van der Waals surface area (Å²) in [4.78, 5) is 2.12. The molecule has 0 spiro atoms. The molecule has 0 saturated carbocycles. The lowest BCUT2D eigenvalue weighted by molar-refractivity contribution is 0.278. The molecular weight excluding hydrogens is 212 g/mol. The lowest BCUT2D eigenvalue weighted by atomic mass is 10.0. The monoisotopic (exact) mass is 234 g/mol. The van der Waals surface area contributed by atoms with Crippen LogP contribution >= 0.6 is 0 Å². The van der Waals surface area contributed by atoms with Gasteiger partial charge in [0.2, 0.25) is 0 Å². The highest BCUT2D eigenvalue weighted by Crippen LogP contribution is 2.15. The summed E-state index contributed by atoms with van der Waals surface area (Å²) < 4.78 is 22.0. The molecule has 0 aromatic rings. The molecule has 0 bridgehead atoms. The third-order valence-electron chi connectivity index (χ3n) is 3.08. The first-order valence-corrected chi connectivity index (χ1v) is 7.54. The maximum absolute atomic E-state index is 11.0. The van der Waals surface area contributed by atoms with Crippen molar-refractivity contribution >= 4 is 9.84 Å². The van der Waals surface area contributed by atoms with Crippen LogP contribution in [0.15, 0.2) is 0 Å². The molecule has 0 aliphatic carbocycles. The standard InChI is InChI=1S/C10H22N2O2S/c1-9-10(4-5-11-9)8-12(2)6-7-15(3,13)14/h9-11H,4-8H2,1-3H3. The van der Waals surface area contributed by atoms with Crippen LogP contribution in [-0.4, -0.2) is 58.1 Å². The molecule has 0 aromatic carbocycles. The summed E-state index contributed by atoms with van der Waals surface area (Å²) in [5.74, 6) is 0.924. The summed E-state index contributed by atoms with van der Waals surface area (Å²) in [6, 6.07) is 0.561. The summed E-state index contributed by atoms with van der Waals surface area (Å²) in [6.45, 7) is 4.92. The summed E-state index contributed by atoms with van der Waals surface area (Å²) in [7, 11) is -0.827. The maximum atomic E-state index is 11.0. The van der Waals surface area contributed by atoms with Crippen molar-refractivity contribution in [2.45, 2.75) is 19.4 Å². The minimum atomic E-state index is -2.82. The Bertz CT molecular complexity index is 290. The Morgan fingerprint density at radius 2 is 2.13 bits per heavy atom. The molecule has 15 heavy (non-hydrogen) atoms. The number of nitrogens with one attached hydrogen (secondary N) is 1. The van der Waals surface area contributed by atoms with Gasteiger partial charge in [-0.25, -0.2) is 8.42 Å². The quantitative estimate of drug-likeness (QED) is 0.725. The third-order valence-corrected chi connectivity index (χ3v) is 4.00. The average Bonchev–Trinajstić information content (AvgIpc) is 2.47. The Hall–Kier alpha value is -0.130. The predicted octanol–water partition coefficient (Wildman–Crippen LogP) is -0.0392. The second kappa shape index (κ2) is 5.27. The summed E-state index contributed by atoms with van der Waals surface area (Å²) >= 11 is 0. The smallest absolute Gasteiger partial charge is 0.148 e. The van der Waals surface area contributed by atoms with Crippen molar-refractivity contribution in [3.63, 3.8) is 0 Å². The SMILES string of the molecule is CC1NCCC1CN(C)CCS(C)(=O)=O. The van der Waals surface area contributed by atoms with Crippen molar-refractivity contribution in [3.05, 3.63) is 0 Å². The number of hydrogen-bond donors (Lipinski definition) is 1. The molecule has 1 fully saturated rings. The fourth-order valence-corrected chi connectivity index (χ4v) is 2.62. The minimum Gasteiger partial charge on any atom is -0.314 e. The van der Waals surface area contributed by atoms with Gasteiger partial charge in [-0.3, -0.25) is 0 Å². The molecule has 2 unspecified atom stereocenters. The van der Waals surface area contributed by atoms with Gasteiger partial charge in [-0.2, -0.15) is 0 Å². The molecule has 4 nitrogen and oxygen atoms in total.